The van der Waals surface area contributed by atoms with E-state index in [2.05, 4.69) is 5.32 Å². The van der Waals surface area contributed by atoms with Gasteiger partial charge in [-0.25, -0.2) is 0 Å². The van der Waals surface area contributed by atoms with Crippen molar-refractivity contribution in [1.82, 2.24) is 5.32 Å². The highest BCUT2D eigenvalue weighted by atomic mass is 35.5. The van der Waals surface area contributed by atoms with Crippen LogP contribution in [0.1, 0.15) is 54.6 Å². The summed E-state index contributed by atoms with van der Waals surface area (Å²) in [5.41, 5.74) is 7.26. The zero-order valence-electron chi connectivity index (χ0n) is 10.6. The first-order valence-corrected chi connectivity index (χ1v) is 6.81. The number of carbonyl (C=O) groups is 1. The van der Waals surface area contributed by atoms with Gasteiger partial charge in [0, 0.05) is 12.1 Å². The first-order valence-electron chi connectivity index (χ1n) is 6.44. The normalized spacial score (nSPS) is 17.7. The van der Waals surface area contributed by atoms with Gasteiger partial charge in [-0.1, -0.05) is 30.5 Å². The smallest absolute Gasteiger partial charge is 0.253 e. The van der Waals surface area contributed by atoms with E-state index in [1.807, 2.05) is 13.0 Å². The minimum atomic E-state index is -0.0804. The quantitative estimate of drug-likeness (QED) is 0.884. The van der Waals surface area contributed by atoms with Crippen LogP contribution in [-0.4, -0.2) is 11.9 Å². The predicted molar refractivity (Wildman–Crippen MR) is 73.8 cm³/mol. The van der Waals surface area contributed by atoms with E-state index in [4.69, 9.17) is 17.3 Å². The fourth-order valence-electron chi connectivity index (χ4n) is 2.33. The molecule has 1 fully saturated rings. The molecule has 1 aromatic rings. The van der Waals surface area contributed by atoms with Crippen molar-refractivity contribution in [1.29, 1.82) is 0 Å². The Hall–Kier alpha value is -1.06. The fraction of sp³-hybridized carbons (Fsp3) is 0.500. The highest BCUT2D eigenvalue weighted by Crippen LogP contribution is 2.23. The van der Waals surface area contributed by atoms with Gasteiger partial charge in [0.15, 0.2) is 0 Å². The van der Waals surface area contributed by atoms with Crippen LogP contribution in [0.5, 0.6) is 0 Å². The number of carbonyl (C=O) groups excluding carboxylic acids is 1. The van der Waals surface area contributed by atoms with Gasteiger partial charge in [-0.05, 0) is 37.5 Å². The van der Waals surface area contributed by atoms with E-state index in [1.54, 1.807) is 12.1 Å². The van der Waals surface area contributed by atoms with Crippen LogP contribution in [0.4, 0.5) is 0 Å². The fourth-order valence-corrected chi connectivity index (χ4v) is 2.61. The zero-order chi connectivity index (χ0) is 13.1. The van der Waals surface area contributed by atoms with E-state index < -0.39 is 0 Å². The van der Waals surface area contributed by atoms with Crippen LogP contribution in [0.15, 0.2) is 18.2 Å². The first-order chi connectivity index (χ1) is 8.58. The zero-order valence-corrected chi connectivity index (χ0v) is 11.3. The molecule has 2 rings (SSSR count). The van der Waals surface area contributed by atoms with Crippen LogP contribution < -0.4 is 11.1 Å². The molecule has 1 unspecified atom stereocenters. The van der Waals surface area contributed by atoms with Crippen molar-refractivity contribution < 1.29 is 4.79 Å². The molecule has 1 atom stereocenters. The lowest BCUT2D eigenvalue weighted by atomic mass is 10.1. The number of halogens is 1. The second-order valence-corrected chi connectivity index (χ2v) is 5.39. The SMILES string of the molecule is CC(N)c1ccc(C(=O)NC2CCCC2)c(Cl)c1. The summed E-state index contributed by atoms with van der Waals surface area (Å²) < 4.78 is 0. The van der Waals surface area contributed by atoms with Gasteiger partial charge in [0.2, 0.25) is 0 Å². The number of amides is 1. The van der Waals surface area contributed by atoms with Gasteiger partial charge >= 0.3 is 0 Å². The van der Waals surface area contributed by atoms with E-state index in [0.29, 0.717) is 16.6 Å². The molecule has 1 amide bonds. The van der Waals surface area contributed by atoms with Crippen LogP contribution in [0.25, 0.3) is 0 Å². The molecule has 98 valence electrons. The third-order valence-corrected chi connectivity index (χ3v) is 3.77. The lowest BCUT2D eigenvalue weighted by molar-refractivity contribution is 0.0938. The summed E-state index contributed by atoms with van der Waals surface area (Å²) >= 11 is 6.14. The minimum Gasteiger partial charge on any atom is -0.349 e. The lowest BCUT2D eigenvalue weighted by Gasteiger charge is -2.14. The van der Waals surface area contributed by atoms with Crippen molar-refractivity contribution in [3.63, 3.8) is 0 Å². The molecule has 0 saturated heterocycles. The molecule has 1 aliphatic rings. The van der Waals surface area contributed by atoms with Gasteiger partial charge in [-0.3, -0.25) is 4.79 Å². The van der Waals surface area contributed by atoms with Crippen LogP contribution >= 0.6 is 11.6 Å². The summed E-state index contributed by atoms with van der Waals surface area (Å²) in [5, 5.41) is 3.50. The average molecular weight is 267 g/mol. The van der Waals surface area contributed by atoms with Crippen molar-refractivity contribution in [2.75, 3.05) is 0 Å². The third-order valence-electron chi connectivity index (χ3n) is 3.45. The monoisotopic (exact) mass is 266 g/mol. The maximum atomic E-state index is 12.1. The maximum Gasteiger partial charge on any atom is 0.253 e. The topological polar surface area (TPSA) is 55.1 Å². The van der Waals surface area contributed by atoms with E-state index in [9.17, 15) is 4.79 Å². The molecule has 3 N–H and O–H groups in total. The second-order valence-electron chi connectivity index (χ2n) is 4.98. The summed E-state index contributed by atoms with van der Waals surface area (Å²) in [4.78, 5) is 12.1. The third kappa shape index (κ3) is 3.03. The molecule has 0 spiro atoms. The molecule has 1 aliphatic carbocycles. The molecule has 3 nitrogen and oxygen atoms in total. The van der Waals surface area contributed by atoms with E-state index in [-0.39, 0.29) is 11.9 Å². The van der Waals surface area contributed by atoms with Crippen LogP contribution in [0.3, 0.4) is 0 Å². The summed E-state index contributed by atoms with van der Waals surface area (Å²) in [7, 11) is 0. The second kappa shape index (κ2) is 5.72. The molecule has 1 aromatic carbocycles. The van der Waals surface area contributed by atoms with Crippen LogP contribution in [0.2, 0.25) is 5.02 Å². The molecule has 18 heavy (non-hydrogen) atoms. The highest BCUT2D eigenvalue weighted by molar-refractivity contribution is 6.33. The Morgan fingerprint density at radius 1 is 1.44 bits per heavy atom. The number of nitrogens with two attached hydrogens (primary N) is 1. The lowest BCUT2D eigenvalue weighted by Crippen LogP contribution is -2.32. The molecular formula is C14H19ClN2O. The van der Waals surface area contributed by atoms with Crippen molar-refractivity contribution in [2.45, 2.75) is 44.7 Å². The molecule has 4 heteroatoms. The number of benzene rings is 1. The molecule has 0 bridgehead atoms. The van der Waals surface area contributed by atoms with Crippen LogP contribution in [-0.2, 0) is 0 Å². The molecular weight excluding hydrogens is 248 g/mol. The Bertz CT molecular complexity index is 439. The number of hydrogen-bond acceptors (Lipinski definition) is 2. The summed E-state index contributed by atoms with van der Waals surface area (Å²) in [6.07, 6.45) is 4.53. The molecule has 0 aromatic heterocycles. The maximum absolute atomic E-state index is 12.1. The summed E-state index contributed by atoms with van der Waals surface area (Å²) in [6.45, 7) is 1.89. The largest absolute Gasteiger partial charge is 0.349 e. The number of rotatable bonds is 3. The Morgan fingerprint density at radius 3 is 2.67 bits per heavy atom. The average Bonchev–Trinajstić information content (AvgIpc) is 2.81. The number of hydrogen-bond donors (Lipinski definition) is 2. The van der Waals surface area contributed by atoms with Crippen LogP contribution in [0, 0.1) is 0 Å². The minimum absolute atomic E-state index is 0.0746. The Kier molecular flexibility index (Phi) is 4.25. The van der Waals surface area contributed by atoms with E-state index >= 15 is 0 Å². The van der Waals surface area contributed by atoms with Gasteiger partial charge < -0.3 is 11.1 Å². The van der Waals surface area contributed by atoms with Gasteiger partial charge in [0.25, 0.3) is 5.91 Å². The Morgan fingerprint density at radius 2 is 2.11 bits per heavy atom. The van der Waals surface area contributed by atoms with Gasteiger partial charge in [0.1, 0.15) is 0 Å². The van der Waals surface area contributed by atoms with Crippen molar-refractivity contribution in [3.05, 3.63) is 34.3 Å². The molecule has 1 saturated carbocycles. The van der Waals surface area contributed by atoms with E-state index in [0.717, 1.165) is 18.4 Å². The Labute approximate surface area is 113 Å². The van der Waals surface area contributed by atoms with E-state index in [1.165, 1.54) is 12.8 Å². The highest BCUT2D eigenvalue weighted by Gasteiger charge is 2.19. The summed E-state index contributed by atoms with van der Waals surface area (Å²) in [5.74, 6) is -0.0804. The predicted octanol–water partition coefficient (Wildman–Crippen LogP) is 3.03. The van der Waals surface area contributed by atoms with Crippen molar-refractivity contribution in [3.8, 4) is 0 Å². The standard InChI is InChI=1S/C14H19ClN2O/c1-9(16)10-6-7-12(13(15)8-10)14(18)17-11-4-2-3-5-11/h6-9,11H,2-5,16H2,1H3,(H,17,18). The molecule has 0 radical (unpaired) electrons. The van der Waals surface area contributed by atoms with Gasteiger partial charge in [-0.15, -0.1) is 0 Å². The molecule has 0 aliphatic heterocycles. The summed E-state index contributed by atoms with van der Waals surface area (Å²) in [6, 6.07) is 5.62. The first kappa shape index (κ1) is 13.4. The van der Waals surface area contributed by atoms with Gasteiger partial charge in [0.05, 0.1) is 10.6 Å². The number of nitrogens with one attached hydrogen (secondary N) is 1. The van der Waals surface area contributed by atoms with Crippen molar-refractivity contribution >= 4 is 17.5 Å². The van der Waals surface area contributed by atoms with Gasteiger partial charge in [-0.2, -0.15) is 0 Å². The Balaban J connectivity index is 2.10. The molecule has 0 heterocycles. The van der Waals surface area contributed by atoms with Crippen molar-refractivity contribution in [2.24, 2.45) is 5.73 Å².